The molecular formula is C16H11N3O. The molecule has 0 saturated carbocycles. The third-order valence-electron chi connectivity index (χ3n) is 3.53. The van der Waals surface area contributed by atoms with E-state index in [1.165, 1.54) is 0 Å². The van der Waals surface area contributed by atoms with Gasteiger partial charge in [-0.1, -0.05) is 18.2 Å². The van der Waals surface area contributed by atoms with Gasteiger partial charge in [-0.3, -0.25) is 9.78 Å². The summed E-state index contributed by atoms with van der Waals surface area (Å²) in [4.78, 5) is 19.4. The van der Waals surface area contributed by atoms with E-state index in [4.69, 9.17) is 0 Å². The second-order valence-electron chi connectivity index (χ2n) is 4.72. The van der Waals surface area contributed by atoms with Crippen LogP contribution in [0.15, 0.2) is 48.9 Å². The van der Waals surface area contributed by atoms with Gasteiger partial charge in [-0.2, -0.15) is 0 Å². The molecule has 0 fully saturated rings. The van der Waals surface area contributed by atoms with Crippen molar-refractivity contribution >= 4 is 34.1 Å². The number of carbonyl (C=O) groups excluding carboxylic acids is 1. The van der Waals surface area contributed by atoms with Gasteiger partial charge in [-0.15, -0.1) is 0 Å². The maximum absolute atomic E-state index is 12.1. The first-order chi connectivity index (χ1) is 9.83. The molecule has 96 valence electrons. The van der Waals surface area contributed by atoms with Crippen LogP contribution in [0.1, 0.15) is 11.1 Å². The Labute approximate surface area is 115 Å². The molecule has 0 radical (unpaired) electrons. The number of carbonyl (C=O) groups is 1. The van der Waals surface area contributed by atoms with Gasteiger partial charge in [0.25, 0.3) is 5.91 Å². The van der Waals surface area contributed by atoms with Gasteiger partial charge in [0.05, 0.1) is 0 Å². The first kappa shape index (κ1) is 11.0. The van der Waals surface area contributed by atoms with Crippen LogP contribution in [-0.2, 0) is 4.79 Å². The lowest BCUT2D eigenvalue weighted by molar-refractivity contribution is -0.110. The Balaban J connectivity index is 1.90. The first-order valence-corrected chi connectivity index (χ1v) is 6.36. The van der Waals surface area contributed by atoms with Crippen molar-refractivity contribution in [2.45, 2.75) is 0 Å². The number of fused-ring (bicyclic) bond motifs is 2. The molecular weight excluding hydrogens is 250 g/mol. The van der Waals surface area contributed by atoms with E-state index >= 15 is 0 Å². The van der Waals surface area contributed by atoms with Crippen LogP contribution in [-0.4, -0.2) is 15.9 Å². The molecule has 4 nitrogen and oxygen atoms in total. The van der Waals surface area contributed by atoms with Crippen LogP contribution in [0.25, 0.3) is 22.6 Å². The Morgan fingerprint density at radius 3 is 3.00 bits per heavy atom. The number of anilines is 1. The summed E-state index contributed by atoms with van der Waals surface area (Å²) in [6.07, 6.45) is 7.35. The minimum atomic E-state index is -0.0653. The average molecular weight is 261 g/mol. The monoisotopic (exact) mass is 261 g/mol. The smallest absolute Gasteiger partial charge is 0.256 e. The predicted octanol–water partition coefficient (Wildman–Crippen LogP) is 3.06. The minimum Gasteiger partial charge on any atom is -0.360 e. The van der Waals surface area contributed by atoms with Crippen molar-refractivity contribution in [3.05, 3.63) is 60.0 Å². The van der Waals surface area contributed by atoms with Gasteiger partial charge in [0.1, 0.15) is 0 Å². The number of nitrogens with one attached hydrogen (secondary N) is 2. The average Bonchev–Trinajstić information content (AvgIpc) is 3.02. The van der Waals surface area contributed by atoms with Crippen LogP contribution < -0.4 is 5.32 Å². The lowest BCUT2D eigenvalue weighted by Gasteiger charge is -1.97. The molecule has 20 heavy (non-hydrogen) atoms. The molecule has 0 saturated heterocycles. The van der Waals surface area contributed by atoms with Gasteiger partial charge < -0.3 is 10.3 Å². The summed E-state index contributed by atoms with van der Waals surface area (Å²) in [5, 5.41) is 3.89. The van der Waals surface area contributed by atoms with E-state index < -0.39 is 0 Å². The third-order valence-corrected chi connectivity index (χ3v) is 3.53. The summed E-state index contributed by atoms with van der Waals surface area (Å²) >= 11 is 0. The fourth-order valence-corrected chi connectivity index (χ4v) is 2.54. The topological polar surface area (TPSA) is 57.8 Å². The van der Waals surface area contributed by atoms with Crippen LogP contribution in [0.2, 0.25) is 0 Å². The molecule has 1 aliphatic rings. The number of aromatic nitrogens is 2. The highest BCUT2D eigenvalue weighted by Crippen LogP contribution is 2.33. The number of hydrogen-bond donors (Lipinski definition) is 2. The summed E-state index contributed by atoms with van der Waals surface area (Å²) < 4.78 is 0. The molecule has 2 aromatic heterocycles. The molecule has 0 aliphatic carbocycles. The Kier molecular flexibility index (Phi) is 2.23. The maximum atomic E-state index is 12.1. The molecule has 0 atom stereocenters. The lowest BCUT2D eigenvalue weighted by Crippen LogP contribution is -2.03. The van der Waals surface area contributed by atoms with E-state index in [0.717, 1.165) is 27.7 Å². The number of pyridine rings is 1. The summed E-state index contributed by atoms with van der Waals surface area (Å²) in [6.45, 7) is 0. The van der Waals surface area contributed by atoms with Crippen LogP contribution in [0.4, 0.5) is 5.69 Å². The molecule has 2 N–H and O–H groups in total. The quantitative estimate of drug-likeness (QED) is 0.661. The molecule has 0 unspecified atom stereocenters. The van der Waals surface area contributed by atoms with Gasteiger partial charge in [0.2, 0.25) is 0 Å². The normalized spacial score (nSPS) is 15.6. The standard InChI is InChI=1S/C16H11N3O/c20-16-12(11-3-1-2-4-15(11)19-16)7-10-8-18-14-5-6-17-9-13(10)14/h1-9,18H,(H,19,20)/b12-7+. The molecule has 4 rings (SSSR count). The van der Waals surface area contributed by atoms with Crippen molar-refractivity contribution in [2.75, 3.05) is 5.32 Å². The van der Waals surface area contributed by atoms with E-state index in [0.29, 0.717) is 5.57 Å². The second kappa shape index (κ2) is 4.06. The van der Waals surface area contributed by atoms with Crippen LogP contribution in [0.3, 0.4) is 0 Å². The number of aromatic amines is 1. The Morgan fingerprint density at radius 2 is 2.05 bits per heavy atom. The van der Waals surface area contributed by atoms with Crippen LogP contribution in [0.5, 0.6) is 0 Å². The van der Waals surface area contributed by atoms with E-state index in [1.54, 1.807) is 12.4 Å². The molecule has 3 aromatic rings. The van der Waals surface area contributed by atoms with E-state index in [9.17, 15) is 4.79 Å². The molecule has 3 heterocycles. The zero-order valence-electron chi connectivity index (χ0n) is 10.6. The minimum absolute atomic E-state index is 0.0653. The van der Waals surface area contributed by atoms with Crippen molar-refractivity contribution in [1.29, 1.82) is 0 Å². The predicted molar refractivity (Wildman–Crippen MR) is 79.0 cm³/mol. The molecule has 0 bridgehead atoms. The number of hydrogen-bond acceptors (Lipinski definition) is 2. The van der Waals surface area contributed by atoms with Gasteiger partial charge >= 0.3 is 0 Å². The Hall–Kier alpha value is -2.88. The van der Waals surface area contributed by atoms with Crippen LogP contribution >= 0.6 is 0 Å². The number of nitrogens with zero attached hydrogens (tertiary/aromatic N) is 1. The van der Waals surface area contributed by atoms with Crippen molar-refractivity contribution in [1.82, 2.24) is 9.97 Å². The highest BCUT2D eigenvalue weighted by molar-refractivity contribution is 6.35. The molecule has 1 amide bonds. The van der Waals surface area contributed by atoms with Gasteiger partial charge in [-0.25, -0.2) is 0 Å². The SMILES string of the molecule is O=C1Nc2ccccc2/C1=C\c1c[nH]c2ccncc12. The molecule has 1 aromatic carbocycles. The number of H-pyrrole nitrogens is 1. The zero-order valence-corrected chi connectivity index (χ0v) is 10.6. The lowest BCUT2D eigenvalue weighted by atomic mass is 10.0. The zero-order chi connectivity index (χ0) is 13.5. The Morgan fingerprint density at radius 1 is 1.15 bits per heavy atom. The van der Waals surface area contributed by atoms with Crippen molar-refractivity contribution in [3.8, 4) is 0 Å². The maximum Gasteiger partial charge on any atom is 0.256 e. The van der Waals surface area contributed by atoms with Crippen molar-refractivity contribution in [2.24, 2.45) is 0 Å². The van der Waals surface area contributed by atoms with Crippen LogP contribution in [0, 0.1) is 0 Å². The molecule has 1 aliphatic heterocycles. The van der Waals surface area contributed by atoms with Gasteiger partial charge in [-0.05, 0) is 18.2 Å². The number of rotatable bonds is 1. The highest BCUT2D eigenvalue weighted by Gasteiger charge is 2.23. The number of para-hydroxylation sites is 1. The first-order valence-electron chi connectivity index (χ1n) is 6.36. The fraction of sp³-hybridized carbons (Fsp3) is 0. The summed E-state index contributed by atoms with van der Waals surface area (Å²) in [5.74, 6) is -0.0653. The van der Waals surface area contributed by atoms with Crippen molar-refractivity contribution < 1.29 is 4.79 Å². The third kappa shape index (κ3) is 1.55. The van der Waals surface area contributed by atoms with Gasteiger partial charge in [0.15, 0.2) is 0 Å². The van der Waals surface area contributed by atoms with Crippen molar-refractivity contribution in [3.63, 3.8) is 0 Å². The summed E-state index contributed by atoms with van der Waals surface area (Å²) in [7, 11) is 0. The number of benzene rings is 1. The fourth-order valence-electron chi connectivity index (χ4n) is 2.54. The summed E-state index contributed by atoms with van der Waals surface area (Å²) in [5.41, 5.74) is 4.47. The number of amides is 1. The van der Waals surface area contributed by atoms with E-state index in [2.05, 4.69) is 15.3 Å². The highest BCUT2D eigenvalue weighted by atomic mass is 16.2. The molecule has 4 heteroatoms. The Bertz CT molecular complexity index is 861. The van der Waals surface area contributed by atoms with Gasteiger partial charge in [0, 0.05) is 51.9 Å². The van der Waals surface area contributed by atoms with E-state index in [1.807, 2.05) is 42.6 Å². The second-order valence-corrected chi connectivity index (χ2v) is 4.72. The van der Waals surface area contributed by atoms with E-state index in [-0.39, 0.29) is 5.91 Å². The summed E-state index contributed by atoms with van der Waals surface area (Å²) in [6, 6.07) is 9.62. The largest absolute Gasteiger partial charge is 0.360 e. The molecule has 0 spiro atoms.